The second kappa shape index (κ2) is 11.7. The summed E-state index contributed by atoms with van der Waals surface area (Å²) in [6, 6.07) is 4.29. The van der Waals surface area contributed by atoms with Crippen LogP contribution in [0.4, 0.5) is 4.79 Å². The minimum Gasteiger partial charge on any atom is -0.534 e. The van der Waals surface area contributed by atoms with E-state index in [4.69, 9.17) is 10.4 Å². The summed E-state index contributed by atoms with van der Waals surface area (Å²) in [6.07, 6.45) is 0.898. The third-order valence-electron chi connectivity index (χ3n) is 6.54. The Balaban J connectivity index is 1.65. The number of carboxylic acids is 1. The fraction of sp³-hybridized carbons (Fsp3) is 0.304. The molecule has 4 amide bonds. The number of para-hydroxylation sites is 1. The number of nitrogens with zero attached hydrogens (tertiary/aromatic N) is 4. The molecule has 1 saturated heterocycles. The molecule has 1 aromatic heterocycles. The number of hydrogen-bond acceptors (Lipinski definition) is 9. The average molecular weight is 588 g/mol. The number of nitrogens with two attached hydrogens (primary N) is 1. The number of likely N-dealkylation sites (N-methyl/N-ethyl adjacent to an activating group) is 1. The molecule has 2 aromatic rings. The van der Waals surface area contributed by atoms with Crippen LogP contribution in [-0.2, 0) is 20.6 Å². The first-order valence-electron chi connectivity index (χ1n) is 12.3. The largest absolute Gasteiger partial charge is 0.549 e. The summed E-state index contributed by atoms with van der Waals surface area (Å²) in [6.45, 7) is 1.98. The van der Waals surface area contributed by atoms with E-state index in [9.17, 15) is 43.7 Å². The molecule has 0 aliphatic carbocycles. The predicted octanol–water partition coefficient (Wildman–Crippen LogP) is -1.60. The Bertz CT molecular complexity index is 1470. The molecule has 4 rings (SSSR count). The second-order valence-corrected chi connectivity index (χ2v) is 10.7. The number of aliphatic imine (C=N–C) groups is 1. The van der Waals surface area contributed by atoms with E-state index in [0.717, 1.165) is 12.3 Å². The number of fused-ring (bicyclic) bond motifs is 1. The number of piperazine rings is 1. The van der Waals surface area contributed by atoms with E-state index in [1.807, 2.05) is 0 Å². The molecule has 0 radical (unpaired) electrons. The number of carboxylic acid groups (broad SMARTS) is 1. The van der Waals surface area contributed by atoms with Crippen LogP contribution in [0, 0.1) is 0 Å². The van der Waals surface area contributed by atoms with Crippen molar-refractivity contribution < 1.29 is 48.3 Å². The topological polar surface area (TPSA) is 245 Å². The van der Waals surface area contributed by atoms with Crippen molar-refractivity contribution in [1.29, 1.82) is 0 Å². The van der Waals surface area contributed by atoms with Gasteiger partial charge < -0.3 is 40.5 Å². The Morgan fingerprint density at radius 3 is 2.59 bits per heavy atom. The fourth-order valence-corrected chi connectivity index (χ4v) is 4.84. The molecule has 0 unspecified atom stereocenters. The van der Waals surface area contributed by atoms with Gasteiger partial charge in [0, 0.05) is 25.8 Å². The molecule has 2 aliphatic heterocycles. The zero-order chi connectivity index (χ0) is 30.1. The van der Waals surface area contributed by atoms with Crippen LogP contribution in [0.15, 0.2) is 41.5 Å². The maximum absolute atomic E-state index is 13.1. The van der Waals surface area contributed by atoms with Crippen LogP contribution in [0.2, 0.25) is 0 Å². The van der Waals surface area contributed by atoms with Crippen LogP contribution in [0.1, 0.15) is 34.6 Å². The van der Waals surface area contributed by atoms with Gasteiger partial charge in [-0.3, -0.25) is 29.0 Å². The third kappa shape index (κ3) is 6.22. The number of carbonyl (C=O) groups excluding carboxylic acids is 3. The molecular weight excluding hydrogens is 562 g/mol. The SMILES string of the molecule is CCN1CCN(C(=O)N[C@@H](/C(N)=N/[C@H]2Cc3cccc(C(=O)O)c3OB2O)c2ccc(P(=O)(O)O)cn2)C(=O)C1=O. The smallest absolute Gasteiger partial charge is 0.534 e. The van der Waals surface area contributed by atoms with E-state index in [-0.39, 0.29) is 48.9 Å². The van der Waals surface area contributed by atoms with Crippen molar-refractivity contribution in [3.05, 3.63) is 53.3 Å². The van der Waals surface area contributed by atoms with E-state index < -0.39 is 55.8 Å². The van der Waals surface area contributed by atoms with Crippen molar-refractivity contribution in [2.45, 2.75) is 25.3 Å². The number of amides is 4. The van der Waals surface area contributed by atoms with Crippen molar-refractivity contribution in [2.75, 3.05) is 19.6 Å². The van der Waals surface area contributed by atoms with Crippen molar-refractivity contribution in [3.8, 4) is 5.75 Å². The summed E-state index contributed by atoms with van der Waals surface area (Å²) in [5, 5.41) is 22.1. The Kier molecular flexibility index (Phi) is 8.44. The van der Waals surface area contributed by atoms with Gasteiger partial charge >= 0.3 is 38.5 Å². The number of nitrogens with one attached hydrogen (secondary N) is 1. The first-order chi connectivity index (χ1) is 19.3. The maximum atomic E-state index is 13.1. The Morgan fingerprint density at radius 1 is 1.24 bits per heavy atom. The first kappa shape index (κ1) is 29.7. The van der Waals surface area contributed by atoms with Crippen molar-refractivity contribution in [1.82, 2.24) is 20.1 Å². The first-order valence-corrected chi connectivity index (χ1v) is 13.9. The highest BCUT2D eigenvalue weighted by Gasteiger charge is 2.39. The van der Waals surface area contributed by atoms with Crippen LogP contribution < -0.4 is 21.0 Å². The number of aromatic nitrogens is 1. The van der Waals surface area contributed by atoms with Gasteiger partial charge in [0.25, 0.3) is 0 Å². The Morgan fingerprint density at radius 2 is 1.98 bits per heavy atom. The molecule has 0 saturated carbocycles. The molecule has 1 fully saturated rings. The lowest BCUT2D eigenvalue weighted by molar-refractivity contribution is -0.153. The number of pyridine rings is 1. The average Bonchev–Trinajstić information content (AvgIpc) is 2.92. The number of amidine groups is 1. The summed E-state index contributed by atoms with van der Waals surface area (Å²) in [5.41, 5.74) is 6.50. The van der Waals surface area contributed by atoms with E-state index in [0.29, 0.717) is 10.5 Å². The van der Waals surface area contributed by atoms with Gasteiger partial charge in [0.05, 0.1) is 16.6 Å². The number of benzene rings is 1. The summed E-state index contributed by atoms with van der Waals surface area (Å²) >= 11 is 0. The maximum Gasteiger partial charge on any atom is 0.549 e. The highest BCUT2D eigenvalue weighted by Crippen LogP contribution is 2.33. The number of carbonyl (C=O) groups is 4. The van der Waals surface area contributed by atoms with Gasteiger partial charge in [0.15, 0.2) is 0 Å². The van der Waals surface area contributed by atoms with Gasteiger partial charge in [-0.05, 0) is 37.1 Å². The molecule has 16 nitrogen and oxygen atoms in total. The zero-order valence-corrected chi connectivity index (χ0v) is 22.5. The molecule has 3 heterocycles. The summed E-state index contributed by atoms with van der Waals surface area (Å²) in [7, 11) is -6.26. The molecule has 2 aliphatic rings. The molecule has 0 bridgehead atoms. The molecule has 1 aromatic carbocycles. The standard InChI is InChI=1S/C23H26BN6O10P/c1-2-29-8-9-30(21(32)20(29)31)23(35)28-17(15-7-6-13(11-26-15)41(37,38)39)19(25)27-16-10-12-4-3-5-14(22(33)34)18(12)40-24(16)36/h3-7,11,16-17,36H,2,8-10H2,1H3,(H2,25,27)(H,28,35)(H,33,34)(H2,37,38,39)/t16-,17+/m0/s1. The monoisotopic (exact) mass is 588 g/mol. The van der Waals surface area contributed by atoms with Crippen molar-refractivity contribution in [3.63, 3.8) is 0 Å². The van der Waals surface area contributed by atoms with Gasteiger partial charge in [-0.25, -0.2) is 9.59 Å². The highest BCUT2D eigenvalue weighted by molar-refractivity contribution is 7.60. The fourth-order valence-electron chi connectivity index (χ4n) is 4.37. The van der Waals surface area contributed by atoms with Crippen LogP contribution in [0.25, 0.3) is 0 Å². The Hall–Kier alpha value is -4.31. The predicted molar refractivity (Wildman–Crippen MR) is 142 cm³/mol. The lowest BCUT2D eigenvalue weighted by Gasteiger charge is -2.33. The van der Waals surface area contributed by atoms with Crippen molar-refractivity contribution in [2.24, 2.45) is 10.7 Å². The quantitative estimate of drug-likeness (QED) is 0.0705. The van der Waals surface area contributed by atoms with Gasteiger partial charge in [-0.15, -0.1) is 0 Å². The lowest BCUT2D eigenvalue weighted by Crippen LogP contribution is -2.59. The summed E-state index contributed by atoms with van der Waals surface area (Å²) in [4.78, 5) is 78.6. The minimum absolute atomic E-state index is 0.00945. The van der Waals surface area contributed by atoms with Gasteiger partial charge in [-0.2, -0.15) is 0 Å². The van der Waals surface area contributed by atoms with Gasteiger partial charge in [-0.1, -0.05) is 12.1 Å². The van der Waals surface area contributed by atoms with E-state index >= 15 is 0 Å². The summed E-state index contributed by atoms with van der Waals surface area (Å²) in [5.74, 6) is -4.58. The molecular formula is C23H26BN6O10P. The van der Waals surface area contributed by atoms with Crippen LogP contribution in [-0.4, -0.2) is 97.0 Å². The number of imide groups is 1. The normalized spacial score (nSPS) is 18.5. The van der Waals surface area contributed by atoms with Gasteiger partial charge in [0.2, 0.25) is 0 Å². The Labute approximate surface area is 233 Å². The number of hydrogen-bond donors (Lipinski definition) is 6. The van der Waals surface area contributed by atoms with E-state index in [1.54, 1.807) is 13.0 Å². The summed E-state index contributed by atoms with van der Waals surface area (Å²) < 4.78 is 17.0. The van der Waals surface area contributed by atoms with Gasteiger partial charge in [0.1, 0.15) is 23.6 Å². The molecule has 2 atom stereocenters. The molecule has 7 N–H and O–H groups in total. The van der Waals surface area contributed by atoms with Crippen LogP contribution in [0.3, 0.4) is 0 Å². The van der Waals surface area contributed by atoms with Crippen molar-refractivity contribution >= 4 is 49.7 Å². The minimum atomic E-state index is -4.64. The molecule has 0 spiro atoms. The number of rotatable bonds is 7. The number of urea groups is 1. The number of aromatic carboxylic acids is 1. The van der Waals surface area contributed by atoms with Crippen LogP contribution >= 0.6 is 7.60 Å². The van der Waals surface area contributed by atoms with Crippen LogP contribution in [0.5, 0.6) is 5.75 Å². The highest BCUT2D eigenvalue weighted by atomic mass is 31.2. The molecule has 216 valence electrons. The molecule has 41 heavy (non-hydrogen) atoms. The van der Waals surface area contributed by atoms with E-state index in [2.05, 4.69) is 15.3 Å². The lowest BCUT2D eigenvalue weighted by atomic mass is 9.72. The third-order valence-corrected chi connectivity index (χ3v) is 7.48. The molecule has 18 heteroatoms. The second-order valence-electron chi connectivity index (χ2n) is 9.14. The zero-order valence-electron chi connectivity index (χ0n) is 21.6. The van der Waals surface area contributed by atoms with E-state index in [1.165, 1.54) is 23.1 Å².